The fraction of sp³-hybridized carbons (Fsp3) is 0.417. The summed E-state index contributed by atoms with van der Waals surface area (Å²) in [6, 6.07) is 7.84. The van der Waals surface area contributed by atoms with Crippen LogP contribution < -0.4 is 11.1 Å². The first kappa shape index (κ1) is 13.8. The lowest BCUT2D eigenvalue weighted by Crippen LogP contribution is -2.35. The maximum absolute atomic E-state index is 11.8. The molecule has 1 aromatic rings. The van der Waals surface area contributed by atoms with Crippen LogP contribution in [0.3, 0.4) is 0 Å². The molecular formula is C12H18ClN3O. The zero-order chi connectivity index (χ0) is 11.5. The second-order valence-electron chi connectivity index (χ2n) is 4.29. The Labute approximate surface area is 108 Å². The fourth-order valence-corrected chi connectivity index (χ4v) is 1.81. The van der Waals surface area contributed by atoms with E-state index in [1.54, 1.807) is 4.90 Å². The largest absolute Gasteiger partial charge is 0.326 e. The van der Waals surface area contributed by atoms with E-state index in [-0.39, 0.29) is 24.5 Å². The second kappa shape index (κ2) is 5.89. The van der Waals surface area contributed by atoms with Crippen molar-refractivity contribution in [3.63, 3.8) is 0 Å². The van der Waals surface area contributed by atoms with Gasteiger partial charge in [-0.1, -0.05) is 17.7 Å². The lowest BCUT2D eigenvalue weighted by atomic mass is 10.2. The summed E-state index contributed by atoms with van der Waals surface area (Å²) in [6.45, 7) is 3.42. The molecule has 1 aliphatic rings. The minimum atomic E-state index is -0.0585. The normalized spacial score (nSPS) is 18.7. The van der Waals surface area contributed by atoms with Gasteiger partial charge >= 0.3 is 6.03 Å². The summed E-state index contributed by atoms with van der Waals surface area (Å²) in [4.78, 5) is 13.6. The molecule has 1 aromatic carbocycles. The number of hydrogen-bond donors (Lipinski definition) is 2. The molecule has 17 heavy (non-hydrogen) atoms. The van der Waals surface area contributed by atoms with E-state index in [0.29, 0.717) is 6.54 Å². The van der Waals surface area contributed by atoms with Gasteiger partial charge in [-0.2, -0.15) is 0 Å². The van der Waals surface area contributed by atoms with Crippen LogP contribution in [0.4, 0.5) is 10.5 Å². The average Bonchev–Trinajstić information content (AvgIpc) is 2.68. The van der Waals surface area contributed by atoms with E-state index in [4.69, 9.17) is 5.73 Å². The Morgan fingerprint density at radius 2 is 2.06 bits per heavy atom. The molecule has 5 heteroatoms. The molecule has 0 bridgehead atoms. The summed E-state index contributed by atoms with van der Waals surface area (Å²) >= 11 is 0. The van der Waals surface area contributed by atoms with Gasteiger partial charge in [-0.25, -0.2) is 4.79 Å². The van der Waals surface area contributed by atoms with Crippen LogP contribution in [0.5, 0.6) is 0 Å². The zero-order valence-electron chi connectivity index (χ0n) is 9.85. The van der Waals surface area contributed by atoms with Crippen molar-refractivity contribution in [2.75, 3.05) is 18.4 Å². The minimum absolute atomic E-state index is 0. The number of nitrogens with zero attached hydrogens (tertiary/aromatic N) is 1. The molecule has 1 saturated heterocycles. The van der Waals surface area contributed by atoms with Crippen molar-refractivity contribution in [3.8, 4) is 0 Å². The van der Waals surface area contributed by atoms with Crippen LogP contribution in [0, 0.1) is 6.92 Å². The first-order valence-corrected chi connectivity index (χ1v) is 5.53. The van der Waals surface area contributed by atoms with E-state index in [1.165, 1.54) is 5.56 Å². The monoisotopic (exact) mass is 255 g/mol. The molecule has 94 valence electrons. The van der Waals surface area contributed by atoms with E-state index in [0.717, 1.165) is 18.7 Å². The van der Waals surface area contributed by atoms with Crippen molar-refractivity contribution < 1.29 is 4.79 Å². The maximum Gasteiger partial charge on any atom is 0.321 e. The lowest BCUT2D eigenvalue weighted by molar-refractivity contribution is 0.222. The Morgan fingerprint density at radius 3 is 2.59 bits per heavy atom. The smallest absolute Gasteiger partial charge is 0.321 e. The summed E-state index contributed by atoms with van der Waals surface area (Å²) in [5, 5.41) is 2.86. The predicted molar refractivity (Wildman–Crippen MR) is 71.6 cm³/mol. The molecular weight excluding hydrogens is 238 g/mol. The standard InChI is InChI=1S/C12H17N3O.ClH/c1-9-2-4-11(5-3-9)14-12(16)15-7-6-10(13)8-15;/h2-5,10H,6-8,13H2,1H3,(H,14,16);1H. The van der Waals surface area contributed by atoms with E-state index in [9.17, 15) is 4.79 Å². The number of nitrogens with two attached hydrogens (primary N) is 1. The molecule has 3 N–H and O–H groups in total. The predicted octanol–water partition coefficient (Wildman–Crippen LogP) is 1.98. The molecule has 4 nitrogen and oxygen atoms in total. The number of hydrogen-bond acceptors (Lipinski definition) is 2. The quantitative estimate of drug-likeness (QED) is 0.806. The first-order valence-electron chi connectivity index (χ1n) is 5.53. The van der Waals surface area contributed by atoms with Crippen molar-refractivity contribution in [3.05, 3.63) is 29.8 Å². The van der Waals surface area contributed by atoms with Gasteiger partial charge in [0.2, 0.25) is 0 Å². The van der Waals surface area contributed by atoms with Gasteiger partial charge in [-0.15, -0.1) is 12.4 Å². The number of likely N-dealkylation sites (tertiary alicyclic amines) is 1. The highest BCUT2D eigenvalue weighted by atomic mass is 35.5. The average molecular weight is 256 g/mol. The van der Waals surface area contributed by atoms with E-state index < -0.39 is 0 Å². The van der Waals surface area contributed by atoms with Crippen molar-refractivity contribution in [2.45, 2.75) is 19.4 Å². The topological polar surface area (TPSA) is 58.4 Å². The van der Waals surface area contributed by atoms with E-state index in [1.807, 2.05) is 31.2 Å². The molecule has 1 fully saturated rings. The number of anilines is 1. The summed E-state index contributed by atoms with van der Waals surface area (Å²) in [5.41, 5.74) is 7.77. The molecule has 0 aromatic heterocycles. The SMILES string of the molecule is Cc1ccc(NC(=O)N2CCC(N)C2)cc1.Cl. The molecule has 1 unspecified atom stereocenters. The van der Waals surface area contributed by atoms with Gasteiger partial charge in [-0.05, 0) is 25.5 Å². The van der Waals surface area contributed by atoms with Crippen LogP contribution >= 0.6 is 12.4 Å². The first-order chi connectivity index (χ1) is 7.65. The minimum Gasteiger partial charge on any atom is -0.326 e. The lowest BCUT2D eigenvalue weighted by Gasteiger charge is -2.16. The van der Waals surface area contributed by atoms with Crippen LogP contribution in [0.1, 0.15) is 12.0 Å². The summed E-state index contributed by atoms with van der Waals surface area (Å²) < 4.78 is 0. The van der Waals surface area contributed by atoms with Gasteiger partial charge in [0.05, 0.1) is 0 Å². The molecule has 0 saturated carbocycles. The third-order valence-electron chi connectivity index (χ3n) is 2.81. The van der Waals surface area contributed by atoms with Crippen LogP contribution in [-0.4, -0.2) is 30.1 Å². The Morgan fingerprint density at radius 1 is 1.41 bits per heavy atom. The number of carbonyl (C=O) groups excluding carboxylic acids is 1. The number of nitrogens with one attached hydrogen (secondary N) is 1. The number of amides is 2. The Kier molecular flexibility index (Phi) is 4.78. The van der Waals surface area contributed by atoms with Crippen LogP contribution in [0.25, 0.3) is 0 Å². The number of halogens is 1. The van der Waals surface area contributed by atoms with Gasteiger partial charge in [0.1, 0.15) is 0 Å². The van der Waals surface area contributed by atoms with Gasteiger partial charge in [0.25, 0.3) is 0 Å². The van der Waals surface area contributed by atoms with Gasteiger partial charge < -0.3 is 16.0 Å². The van der Waals surface area contributed by atoms with E-state index in [2.05, 4.69) is 5.32 Å². The van der Waals surface area contributed by atoms with Crippen molar-refractivity contribution in [1.29, 1.82) is 0 Å². The van der Waals surface area contributed by atoms with Crippen molar-refractivity contribution >= 4 is 24.1 Å². The third kappa shape index (κ3) is 3.61. The number of benzene rings is 1. The van der Waals surface area contributed by atoms with Crippen LogP contribution in [-0.2, 0) is 0 Å². The molecule has 0 aliphatic carbocycles. The number of aryl methyl sites for hydroxylation is 1. The summed E-state index contributed by atoms with van der Waals surface area (Å²) in [7, 11) is 0. The Bertz CT molecular complexity index is 380. The second-order valence-corrected chi connectivity index (χ2v) is 4.29. The molecule has 1 heterocycles. The summed E-state index contributed by atoms with van der Waals surface area (Å²) in [6.07, 6.45) is 0.890. The zero-order valence-corrected chi connectivity index (χ0v) is 10.7. The Hall–Kier alpha value is -1.26. The van der Waals surface area contributed by atoms with Crippen molar-refractivity contribution in [2.24, 2.45) is 5.73 Å². The maximum atomic E-state index is 11.8. The van der Waals surface area contributed by atoms with Crippen LogP contribution in [0.2, 0.25) is 0 Å². The van der Waals surface area contributed by atoms with Crippen LogP contribution in [0.15, 0.2) is 24.3 Å². The molecule has 1 aliphatic heterocycles. The number of urea groups is 1. The summed E-state index contributed by atoms with van der Waals surface area (Å²) in [5.74, 6) is 0. The highest BCUT2D eigenvalue weighted by Crippen LogP contribution is 2.12. The van der Waals surface area contributed by atoms with Crippen molar-refractivity contribution in [1.82, 2.24) is 4.90 Å². The van der Waals surface area contributed by atoms with Gasteiger partial charge in [-0.3, -0.25) is 0 Å². The number of rotatable bonds is 1. The van der Waals surface area contributed by atoms with Gasteiger partial charge in [0, 0.05) is 24.8 Å². The number of carbonyl (C=O) groups is 1. The molecule has 2 amide bonds. The molecule has 0 spiro atoms. The van der Waals surface area contributed by atoms with E-state index >= 15 is 0 Å². The molecule has 1 atom stereocenters. The highest BCUT2D eigenvalue weighted by molar-refractivity contribution is 5.89. The fourth-order valence-electron chi connectivity index (χ4n) is 1.81. The highest BCUT2D eigenvalue weighted by Gasteiger charge is 2.23. The van der Waals surface area contributed by atoms with Gasteiger partial charge in [0.15, 0.2) is 0 Å². The Balaban J connectivity index is 0.00000144. The molecule has 2 rings (SSSR count). The third-order valence-corrected chi connectivity index (χ3v) is 2.81. The molecule has 0 radical (unpaired) electrons.